The molecule has 0 unspecified atom stereocenters. The molecule has 0 N–H and O–H groups in total. The van der Waals surface area contributed by atoms with E-state index in [1.165, 1.54) is 11.6 Å². The SMILES string of the molecule is CCC[C@H]1C(=O)N(S(C)(=O)=O)C2=CCN(C(=O)C=Cc3ccc(CN4CCN(C)CC4)cc3)[C@@H]21. The van der Waals surface area contributed by atoms with Crippen LogP contribution in [0.25, 0.3) is 6.08 Å². The molecule has 3 aliphatic rings. The van der Waals surface area contributed by atoms with Crippen molar-refractivity contribution >= 4 is 27.9 Å². The molecule has 2 saturated heterocycles. The Labute approximate surface area is 202 Å². The van der Waals surface area contributed by atoms with Gasteiger partial charge in [-0.3, -0.25) is 14.5 Å². The summed E-state index contributed by atoms with van der Waals surface area (Å²) in [5.74, 6) is -1.18. The lowest BCUT2D eigenvalue weighted by atomic mass is 9.96. The van der Waals surface area contributed by atoms with Crippen LogP contribution in [0.5, 0.6) is 0 Å². The molecular formula is C25H34N4O4S. The fourth-order valence-electron chi connectivity index (χ4n) is 5.06. The smallest absolute Gasteiger partial charge is 0.247 e. The topological polar surface area (TPSA) is 81.2 Å². The van der Waals surface area contributed by atoms with E-state index in [1.807, 2.05) is 19.1 Å². The van der Waals surface area contributed by atoms with Crippen molar-refractivity contribution in [3.63, 3.8) is 0 Å². The Morgan fingerprint density at radius 3 is 2.41 bits per heavy atom. The minimum atomic E-state index is -3.73. The summed E-state index contributed by atoms with van der Waals surface area (Å²) in [7, 11) is -1.58. The molecule has 2 fully saturated rings. The summed E-state index contributed by atoms with van der Waals surface area (Å²) in [6, 6.07) is 7.68. The van der Waals surface area contributed by atoms with Gasteiger partial charge in [0.2, 0.25) is 21.8 Å². The lowest BCUT2D eigenvalue weighted by Gasteiger charge is -2.32. The third-order valence-electron chi connectivity index (χ3n) is 6.88. The van der Waals surface area contributed by atoms with Crippen LogP contribution in [0.3, 0.4) is 0 Å². The molecule has 0 saturated carbocycles. The lowest BCUT2D eigenvalue weighted by Crippen LogP contribution is -2.43. The fraction of sp³-hybridized carbons (Fsp3) is 0.520. The van der Waals surface area contributed by atoms with Crippen molar-refractivity contribution < 1.29 is 18.0 Å². The summed E-state index contributed by atoms with van der Waals surface area (Å²) in [5.41, 5.74) is 2.59. The maximum atomic E-state index is 13.0. The van der Waals surface area contributed by atoms with Gasteiger partial charge >= 0.3 is 0 Å². The van der Waals surface area contributed by atoms with E-state index in [1.54, 1.807) is 17.1 Å². The van der Waals surface area contributed by atoms with E-state index in [0.29, 0.717) is 18.7 Å². The number of likely N-dealkylation sites (N-methyl/N-ethyl adjacent to an activating group) is 1. The number of fused-ring (bicyclic) bond motifs is 1. The molecular weight excluding hydrogens is 452 g/mol. The van der Waals surface area contributed by atoms with Gasteiger partial charge in [0.05, 0.1) is 23.9 Å². The monoisotopic (exact) mass is 486 g/mol. The van der Waals surface area contributed by atoms with Crippen molar-refractivity contribution in [2.75, 3.05) is 46.0 Å². The van der Waals surface area contributed by atoms with Crippen LogP contribution in [0.2, 0.25) is 0 Å². The maximum Gasteiger partial charge on any atom is 0.247 e. The number of hydrogen-bond acceptors (Lipinski definition) is 6. The number of amides is 2. The van der Waals surface area contributed by atoms with E-state index in [9.17, 15) is 18.0 Å². The second-order valence-corrected chi connectivity index (χ2v) is 11.3. The minimum Gasteiger partial charge on any atom is -0.326 e. The largest absolute Gasteiger partial charge is 0.326 e. The Hall–Kier alpha value is -2.49. The average molecular weight is 487 g/mol. The summed E-state index contributed by atoms with van der Waals surface area (Å²) < 4.78 is 25.4. The molecule has 1 aromatic rings. The van der Waals surface area contributed by atoms with Crippen molar-refractivity contribution in [2.45, 2.75) is 32.4 Å². The molecule has 4 rings (SSSR count). The molecule has 8 nitrogen and oxygen atoms in total. The second kappa shape index (κ2) is 10.0. The van der Waals surface area contributed by atoms with Gasteiger partial charge in [-0.05, 0) is 36.7 Å². The molecule has 2 amide bonds. The number of sulfonamides is 1. The first-order valence-corrected chi connectivity index (χ1v) is 13.8. The molecule has 3 aliphatic heterocycles. The number of rotatable bonds is 7. The van der Waals surface area contributed by atoms with Crippen LogP contribution in [0.15, 0.2) is 42.1 Å². The number of carbonyl (C=O) groups is 2. The van der Waals surface area contributed by atoms with Gasteiger partial charge in [-0.2, -0.15) is 0 Å². The van der Waals surface area contributed by atoms with Gasteiger partial charge in [-0.25, -0.2) is 12.7 Å². The zero-order valence-corrected chi connectivity index (χ0v) is 21.0. The van der Waals surface area contributed by atoms with Crippen LogP contribution in [-0.2, 0) is 26.2 Å². The van der Waals surface area contributed by atoms with Gasteiger partial charge in [0.25, 0.3) is 0 Å². The summed E-state index contributed by atoms with van der Waals surface area (Å²) in [6.07, 6.45) is 7.29. The van der Waals surface area contributed by atoms with Gasteiger partial charge in [0.1, 0.15) is 0 Å². The summed E-state index contributed by atoms with van der Waals surface area (Å²) in [6.45, 7) is 7.48. The Balaban J connectivity index is 1.41. The van der Waals surface area contributed by atoms with Crippen LogP contribution in [-0.4, -0.2) is 91.3 Å². The molecule has 34 heavy (non-hydrogen) atoms. The quantitative estimate of drug-likeness (QED) is 0.547. The Bertz CT molecular complexity index is 1090. The number of carbonyl (C=O) groups excluding carboxylic acids is 2. The average Bonchev–Trinajstić information content (AvgIpc) is 3.32. The highest BCUT2D eigenvalue weighted by Crippen LogP contribution is 2.40. The highest BCUT2D eigenvalue weighted by atomic mass is 32.2. The van der Waals surface area contributed by atoms with Crippen LogP contribution >= 0.6 is 0 Å². The van der Waals surface area contributed by atoms with Gasteiger partial charge in [0, 0.05) is 45.3 Å². The molecule has 2 atom stereocenters. The minimum absolute atomic E-state index is 0.220. The van der Waals surface area contributed by atoms with E-state index in [-0.39, 0.29) is 5.91 Å². The maximum absolute atomic E-state index is 13.0. The first-order chi connectivity index (χ1) is 16.2. The molecule has 0 radical (unpaired) electrons. The molecule has 184 valence electrons. The zero-order valence-electron chi connectivity index (χ0n) is 20.2. The molecule has 0 aromatic heterocycles. The number of benzene rings is 1. The molecule has 0 bridgehead atoms. The normalized spacial score (nSPS) is 24.2. The molecule has 0 aliphatic carbocycles. The predicted molar refractivity (Wildman–Crippen MR) is 132 cm³/mol. The molecule has 0 spiro atoms. The predicted octanol–water partition coefficient (Wildman–Crippen LogP) is 1.76. The van der Waals surface area contributed by atoms with E-state index in [0.717, 1.165) is 55.3 Å². The van der Waals surface area contributed by atoms with Crippen molar-refractivity contribution in [3.8, 4) is 0 Å². The van der Waals surface area contributed by atoms with Crippen LogP contribution in [0.4, 0.5) is 0 Å². The van der Waals surface area contributed by atoms with E-state index in [2.05, 4.69) is 29.0 Å². The van der Waals surface area contributed by atoms with E-state index < -0.39 is 27.9 Å². The van der Waals surface area contributed by atoms with Crippen molar-refractivity contribution in [3.05, 3.63) is 53.2 Å². The fourth-order valence-corrected chi connectivity index (χ4v) is 6.09. The first-order valence-electron chi connectivity index (χ1n) is 11.9. The highest BCUT2D eigenvalue weighted by Gasteiger charge is 2.53. The number of hydrogen-bond donors (Lipinski definition) is 0. The number of piperazine rings is 1. The summed E-state index contributed by atoms with van der Waals surface area (Å²) in [5, 5.41) is 0. The third kappa shape index (κ3) is 5.11. The summed E-state index contributed by atoms with van der Waals surface area (Å²) >= 11 is 0. The Morgan fingerprint density at radius 1 is 1.12 bits per heavy atom. The zero-order chi connectivity index (χ0) is 24.5. The standard InChI is InChI=1S/C25H34N4O4S/c1-4-5-21-24-22(29(25(21)31)34(3,32)33)12-13-28(24)23(30)11-10-19-6-8-20(9-7-19)18-27-16-14-26(2)15-17-27/h6-12,21,24H,4-5,13-18H2,1-3H3/t21-,24-/m1/s1. The first kappa shape index (κ1) is 24.6. The van der Waals surface area contributed by atoms with E-state index in [4.69, 9.17) is 0 Å². The molecule has 3 heterocycles. The van der Waals surface area contributed by atoms with Crippen molar-refractivity contribution in [1.29, 1.82) is 0 Å². The molecule has 1 aromatic carbocycles. The van der Waals surface area contributed by atoms with E-state index >= 15 is 0 Å². The highest BCUT2D eigenvalue weighted by molar-refractivity contribution is 7.89. The third-order valence-corrected chi connectivity index (χ3v) is 7.94. The van der Waals surface area contributed by atoms with Gasteiger partial charge in [-0.15, -0.1) is 0 Å². The van der Waals surface area contributed by atoms with Crippen molar-refractivity contribution in [1.82, 2.24) is 19.0 Å². The van der Waals surface area contributed by atoms with Crippen LogP contribution < -0.4 is 0 Å². The number of nitrogens with zero attached hydrogens (tertiary/aromatic N) is 4. The van der Waals surface area contributed by atoms with Gasteiger partial charge < -0.3 is 9.80 Å². The van der Waals surface area contributed by atoms with Crippen LogP contribution in [0, 0.1) is 5.92 Å². The van der Waals surface area contributed by atoms with Crippen LogP contribution in [0.1, 0.15) is 30.9 Å². The Kier molecular flexibility index (Phi) is 7.25. The summed E-state index contributed by atoms with van der Waals surface area (Å²) in [4.78, 5) is 32.3. The lowest BCUT2D eigenvalue weighted by molar-refractivity contribution is -0.130. The Morgan fingerprint density at radius 2 is 1.79 bits per heavy atom. The van der Waals surface area contributed by atoms with Crippen molar-refractivity contribution in [2.24, 2.45) is 5.92 Å². The van der Waals surface area contributed by atoms with Gasteiger partial charge in [-0.1, -0.05) is 37.6 Å². The molecule has 9 heteroatoms. The van der Waals surface area contributed by atoms with Gasteiger partial charge in [0.15, 0.2) is 0 Å². The second-order valence-electron chi connectivity index (χ2n) is 9.48.